The lowest BCUT2D eigenvalue weighted by Crippen LogP contribution is -2.15. The molecule has 1 aromatic carbocycles. The van der Waals surface area contributed by atoms with Crippen molar-refractivity contribution >= 4 is 15.9 Å². The highest BCUT2D eigenvalue weighted by molar-refractivity contribution is 9.10. The molecule has 0 amide bonds. The van der Waals surface area contributed by atoms with Crippen LogP contribution >= 0.6 is 15.9 Å². The van der Waals surface area contributed by atoms with Gasteiger partial charge in [0.25, 0.3) is 0 Å². The Bertz CT molecular complexity index is 502. The first-order valence-corrected chi connectivity index (χ1v) is 5.67. The summed E-state index contributed by atoms with van der Waals surface area (Å²) in [4.78, 5) is 0. The second kappa shape index (κ2) is 3.99. The summed E-state index contributed by atoms with van der Waals surface area (Å²) in [7, 11) is 0. The number of hydrogen-bond acceptors (Lipinski definition) is 3. The second-order valence-electron chi connectivity index (χ2n) is 4.09. The zero-order valence-corrected chi connectivity index (χ0v) is 10.6. The molecule has 0 radical (unpaired) electrons. The first kappa shape index (κ1) is 11.3. The highest BCUT2D eigenvalue weighted by Crippen LogP contribution is 2.19. The van der Waals surface area contributed by atoms with Gasteiger partial charge in [-0.15, -0.1) is 5.10 Å². The van der Waals surface area contributed by atoms with E-state index in [4.69, 9.17) is 0 Å². The summed E-state index contributed by atoms with van der Waals surface area (Å²) in [5, 5.41) is 17.7. The Morgan fingerprint density at radius 1 is 1.38 bits per heavy atom. The van der Waals surface area contributed by atoms with Crippen molar-refractivity contribution in [3.05, 3.63) is 40.6 Å². The molecule has 2 aromatic rings. The number of hydrogen-bond donors (Lipinski definition) is 1. The number of halogens is 1. The fourth-order valence-electron chi connectivity index (χ4n) is 1.29. The van der Waals surface area contributed by atoms with Crippen LogP contribution in [0.1, 0.15) is 19.5 Å². The van der Waals surface area contributed by atoms with E-state index < -0.39 is 5.60 Å². The maximum absolute atomic E-state index is 9.78. The van der Waals surface area contributed by atoms with Crippen molar-refractivity contribution in [2.24, 2.45) is 0 Å². The smallest absolute Gasteiger partial charge is 0.114 e. The van der Waals surface area contributed by atoms with Crippen LogP contribution in [0.3, 0.4) is 0 Å². The molecule has 0 fully saturated rings. The van der Waals surface area contributed by atoms with Gasteiger partial charge in [0.05, 0.1) is 11.9 Å². The molecule has 0 saturated heterocycles. The van der Waals surface area contributed by atoms with Gasteiger partial charge in [-0.3, -0.25) is 0 Å². The van der Waals surface area contributed by atoms with Crippen LogP contribution in [0, 0.1) is 0 Å². The molecule has 4 nitrogen and oxygen atoms in total. The van der Waals surface area contributed by atoms with Gasteiger partial charge in [-0.25, -0.2) is 4.68 Å². The topological polar surface area (TPSA) is 50.9 Å². The van der Waals surface area contributed by atoms with E-state index in [0.29, 0.717) is 5.69 Å². The lowest BCUT2D eigenvalue weighted by Gasteiger charge is -2.11. The van der Waals surface area contributed by atoms with E-state index in [1.165, 1.54) is 0 Å². The van der Waals surface area contributed by atoms with Crippen molar-refractivity contribution in [1.82, 2.24) is 15.0 Å². The lowest BCUT2D eigenvalue weighted by atomic mass is 10.1. The molecule has 0 spiro atoms. The maximum Gasteiger partial charge on any atom is 0.114 e. The molecule has 16 heavy (non-hydrogen) atoms. The Morgan fingerprint density at radius 2 is 2.12 bits per heavy atom. The van der Waals surface area contributed by atoms with Crippen LogP contribution in [0.4, 0.5) is 0 Å². The Kier molecular flexibility index (Phi) is 2.82. The number of benzene rings is 1. The minimum Gasteiger partial charge on any atom is -0.384 e. The van der Waals surface area contributed by atoms with Crippen LogP contribution in [0.25, 0.3) is 5.69 Å². The van der Waals surface area contributed by atoms with Crippen LogP contribution in [-0.4, -0.2) is 20.1 Å². The Balaban J connectivity index is 2.39. The molecule has 0 unspecified atom stereocenters. The number of aliphatic hydroxyl groups is 1. The zero-order chi connectivity index (χ0) is 11.8. The van der Waals surface area contributed by atoms with E-state index in [1.54, 1.807) is 24.7 Å². The molecule has 1 aromatic heterocycles. The molecular weight excluding hydrogens is 270 g/mol. The molecule has 0 aliphatic rings. The quantitative estimate of drug-likeness (QED) is 0.919. The summed E-state index contributed by atoms with van der Waals surface area (Å²) in [6, 6.07) is 7.72. The van der Waals surface area contributed by atoms with Gasteiger partial charge in [0, 0.05) is 4.47 Å². The molecule has 0 saturated carbocycles. The molecule has 5 heteroatoms. The van der Waals surface area contributed by atoms with Gasteiger partial charge in [0.1, 0.15) is 11.3 Å². The van der Waals surface area contributed by atoms with E-state index >= 15 is 0 Å². The zero-order valence-electron chi connectivity index (χ0n) is 9.05. The number of nitrogens with zero attached hydrogens (tertiary/aromatic N) is 3. The van der Waals surface area contributed by atoms with Crippen LogP contribution in [0.2, 0.25) is 0 Å². The molecule has 0 aliphatic carbocycles. The average molecular weight is 282 g/mol. The molecule has 0 aliphatic heterocycles. The lowest BCUT2D eigenvalue weighted by molar-refractivity contribution is 0.0737. The Hall–Kier alpha value is -1.20. The molecule has 0 atom stereocenters. The third kappa shape index (κ3) is 2.31. The van der Waals surface area contributed by atoms with Crippen LogP contribution in [0.5, 0.6) is 0 Å². The Labute approximate surface area is 102 Å². The van der Waals surface area contributed by atoms with Crippen molar-refractivity contribution in [3.63, 3.8) is 0 Å². The van der Waals surface area contributed by atoms with Gasteiger partial charge in [-0.2, -0.15) is 0 Å². The molecule has 1 N–H and O–H groups in total. The van der Waals surface area contributed by atoms with E-state index in [9.17, 15) is 5.11 Å². The van der Waals surface area contributed by atoms with Crippen LogP contribution in [-0.2, 0) is 5.60 Å². The van der Waals surface area contributed by atoms with Gasteiger partial charge in [0.15, 0.2) is 0 Å². The van der Waals surface area contributed by atoms with Crippen molar-refractivity contribution < 1.29 is 5.11 Å². The summed E-state index contributed by atoms with van der Waals surface area (Å²) in [5.41, 5.74) is 0.481. The predicted molar refractivity (Wildman–Crippen MR) is 64.3 cm³/mol. The normalized spacial score (nSPS) is 11.8. The highest BCUT2D eigenvalue weighted by Gasteiger charge is 2.20. The van der Waals surface area contributed by atoms with E-state index in [2.05, 4.69) is 26.2 Å². The van der Waals surface area contributed by atoms with E-state index in [1.807, 2.05) is 24.3 Å². The largest absolute Gasteiger partial charge is 0.384 e. The minimum absolute atomic E-state index is 0.549. The fraction of sp³-hybridized carbons (Fsp3) is 0.273. The summed E-state index contributed by atoms with van der Waals surface area (Å²) in [6.07, 6.45) is 1.72. The van der Waals surface area contributed by atoms with Gasteiger partial charge >= 0.3 is 0 Å². The van der Waals surface area contributed by atoms with E-state index in [-0.39, 0.29) is 0 Å². The van der Waals surface area contributed by atoms with Crippen LogP contribution in [0.15, 0.2) is 34.9 Å². The predicted octanol–water partition coefficient (Wildman–Crippen LogP) is 2.26. The number of rotatable bonds is 2. The standard InChI is InChI=1S/C11H12BrN3O/c1-11(2,16)10-7-15(14-13-10)9-5-3-4-8(12)6-9/h3-7,16H,1-2H3. The molecule has 1 heterocycles. The van der Waals surface area contributed by atoms with Crippen molar-refractivity contribution in [2.45, 2.75) is 19.4 Å². The maximum atomic E-state index is 9.78. The summed E-state index contributed by atoms with van der Waals surface area (Å²) in [6.45, 7) is 3.37. The van der Waals surface area contributed by atoms with Gasteiger partial charge < -0.3 is 5.11 Å². The highest BCUT2D eigenvalue weighted by atomic mass is 79.9. The molecule has 2 rings (SSSR count). The van der Waals surface area contributed by atoms with Gasteiger partial charge in [0.2, 0.25) is 0 Å². The fourth-order valence-corrected chi connectivity index (χ4v) is 1.68. The molecule has 84 valence electrons. The summed E-state index contributed by atoms with van der Waals surface area (Å²) < 4.78 is 2.61. The van der Waals surface area contributed by atoms with Crippen molar-refractivity contribution in [3.8, 4) is 5.69 Å². The minimum atomic E-state index is -0.968. The second-order valence-corrected chi connectivity index (χ2v) is 5.00. The summed E-state index contributed by atoms with van der Waals surface area (Å²) in [5.74, 6) is 0. The first-order valence-electron chi connectivity index (χ1n) is 4.88. The van der Waals surface area contributed by atoms with Crippen molar-refractivity contribution in [2.75, 3.05) is 0 Å². The van der Waals surface area contributed by atoms with Gasteiger partial charge in [-0.1, -0.05) is 27.2 Å². The SMILES string of the molecule is CC(C)(O)c1cn(-c2cccc(Br)c2)nn1. The summed E-state index contributed by atoms with van der Waals surface area (Å²) >= 11 is 3.39. The molecular formula is C11H12BrN3O. The molecule has 0 bridgehead atoms. The third-order valence-electron chi connectivity index (χ3n) is 2.19. The monoisotopic (exact) mass is 281 g/mol. The van der Waals surface area contributed by atoms with E-state index in [0.717, 1.165) is 10.2 Å². The van der Waals surface area contributed by atoms with Gasteiger partial charge in [-0.05, 0) is 32.0 Å². The average Bonchev–Trinajstić information content (AvgIpc) is 2.65. The number of aromatic nitrogens is 3. The van der Waals surface area contributed by atoms with Crippen molar-refractivity contribution in [1.29, 1.82) is 0 Å². The first-order chi connectivity index (χ1) is 7.47. The Morgan fingerprint density at radius 3 is 2.69 bits per heavy atom. The van der Waals surface area contributed by atoms with Crippen LogP contribution < -0.4 is 0 Å². The third-order valence-corrected chi connectivity index (χ3v) is 2.69.